The van der Waals surface area contributed by atoms with E-state index in [-0.39, 0.29) is 5.97 Å². The predicted octanol–water partition coefficient (Wildman–Crippen LogP) is 2.69. The van der Waals surface area contributed by atoms with Crippen molar-refractivity contribution in [1.82, 2.24) is 0 Å². The molecule has 0 aliphatic rings. The fourth-order valence-electron chi connectivity index (χ4n) is 0.752. The Morgan fingerprint density at radius 3 is 2.67 bits per heavy atom. The molecule has 0 aliphatic heterocycles. The highest BCUT2D eigenvalue weighted by molar-refractivity contribution is 5.81. The third-order valence-corrected chi connectivity index (χ3v) is 1.43. The Labute approximate surface area is 74.6 Å². The number of carbonyl (C=O) groups is 1. The summed E-state index contributed by atoms with van der Waals surface area (Å²) in [5, 5.41) is 0. The van der Waals surface area contributed by atoms with Gasteiger partial charge in [-0.05, 0) is 12.8 Å². The molecule has 0 bridgehead atoms. The molecular weight excluding hydrogens is 152 g/mol. The smallest absolute Gasteiger partial charge is 0.330 e. The lowest BCUT2D eigenvalue weighted by Gasteiger charge is -1.96. The highest BCUT2D eigenvalue weighted by atomic mass is 16.5. The minimum absolute atomic E-state index is 0.215. The first kappa shape index (κ1) is 11.2. The van der Waals surface area contributed by atoms with Crippen LogP contribution in [-0.4, -0.2) is 12.6 Å². The van der Waals surface area contributed by atoms with Crippen molar-refractivity contribution >= 4 is 5.97 Å². The van der Waals surface area contributed by atoms with E-state index in [0.29, 0.717) is 6.61 Å². The second kappa shape index (κ2) is 8.31. The second-order valence-corrected chi connectivity index (χ2v) is 2.71. The Morgan fingerprint density at radius 1 is 1.33 bits per heavy atom. The molecule has 0 aromatic heterocycles. The molecule has 70 valence electrons. The summed E-state index contributed by atoms with van der Waals surface area (Å²) in [4.78, 5) is 10.9. The first-order chi connectivity index (χ1) is 5.81. The van der Waals surface area contributed by atoms with Crippen molar-refractivity contribution in [3.05, 3.63) is 12.2 Å². The van der Waals surface area contributed by atoms with Crippen molar-refractivity contribution in [1.29, 1.82) is 0 Å². The SMILES string of the molecule is CCCCC=CC(=O)OCCC. The van der Waals surface area contributed by atoms with Crippen LogP contribution in [0, 0.1) is 0 Å². The van der Waals surface area contributed by atoms with E-state index in [4.69, 9.17) is 4.74 Å². The Bertz CT molecular complexity index is 139. The molecule has 0 rings (SSSR count). The molecule has 0 unspecified atom stereocenters. The molecule has 0 saturated carbocycles. The van der Waals surface area contributed by atoms with Gasteiger partial charge < -0.3 is 4.74 Å². The van der Waals surface area contributed by atoms with Crippen LogP contribution in [0.25, 0.3) is 0 Å². The Kier molecular flexibility index (Phi) is 7.76. The molecule has 2 nitrogen and oxygen atoms in total. The molecule has 0 heterocycles. The van der Waals surface area contributed by atoms with Gasteiger partial charge >= 0.3 is 5.97 Å². The standard InChI is InChI=1S/C10H18O2/c1-3-5-6-7-8-10(11)12-9-4-2/h7-8H,3-6,9H2,1-2H3. The molecule has 0 saturated heterocycles. The number of unbranched alkanes of at least 4 members (excludes halogenated alkanes) is 2. The first-order valence-electron chi connectivity index (χ1n) is 4.64. The summed E-state index contributed by atoms with van der Waals surface area (Å²) in [5.74, 6) is -0.215. The Hall–Kier alpha value is -0.790. The lowest BCUT2D eigenvalue weighted by atomic mass is 10.2. The zero-order valence-corrected chi connectivity index (χ0v) is 8.01. The van der Waals surface area contributed by atoms with Crippen LogP contribution < -0.4 is 0 Å². The maximum Gasteiger partial charge on any atom is 0.330 e. The Morgan fingerprint density at radius 2 is 2.08 bits per heavy atom. The molecule has 2 heteroatoms. The summed E-state index contributed by atoms with van der Waals surface area (Å²) in [6, 6.07) is 0. The molecule has 0 aromatic carbocycles. The van der Waals surface area contributed by atoms with Crippen LogP contribution in [0.5, 0.6) is 0 Å². The van der Waals surface area contributed by atoms with Crippen LogP contribution in [0.1, 0.15) is 39.5 Å². The van der Waals surface area contributed by atoms with Crippen LogP contribution in [0.15, 0.2) is 12.2 Å². The minimum atomic E-state index is -0.215. The summed E-state index contributed by atoms with van der Waals surface area (Å²) in [5.41, 5.74) is 0. The second-order valence-electron chi connectivity index (χ2n) is 2.71. The van der Waals surface area contributed by atoms with Gasteiger partial charge in [0.1, 0.15) is 0 Å². The third kappa shape index (κ3) is 7.32. The molecule has 0 N–H and O–H groups in total. The molecule has 0 aromatic rings. The highest BCUT2D eigenvalue weighted by Crippen LogP contribution is 1.95. The highest BCUT2D eigenvalue weighted by Gasteiger charge is 1.92. The van der Waals surface area contributed by atoms with Crippen LogP contribution in [-0.2, 0) is 9.53 Å². The van der Waals surface area contributed by atoms with E-state index in [2.05, 4.69) is 6.92 Å². The molecule has 0 radical (unpaired) electrons. The lowest BCUT2D eigenvalue weighted by molar-refractivity contribution is -0.137. The van der Waals surface area contributed by atoms with Gasteiger partial charge in [0.05, 0.1) is 6.61 Å². The number of rotatable bonds is 6. The van der Waals surface area contributed by atoms with Gasteiger partial charge in [-0.3, -0.25) is 0 Å². The zero-order chi connectivity index (χ0) is 9.23. The van der Waals surface area contributed by atoms with Crippen LogP contribution in [0.2, 0.25) is 0 Å². The van der Waals surface area contributed by atoms with Gasteiger partial charge in [0, 0.05) is 6.08 Å². The number of carbonyl (C=O) groups excluding carboxylic acids is 1. The number of ether oxygens (including phenoxy) is 1. The van der Waals surface area contributed by atoms with Crippen LogP contribution in [0.3, 0.4) is 0 Å². The average Bonchev–Trinajstić information content (AvgIpc) is 2.09. The molecule has 12 heavy (non-hydrogen) atoms. The summed E-state index contributed by atoms with van der Waals surface area (Å²) in [6.07, 6.45) is 7.55. The lowest BCUT2D eigenvalue weighted by Crippen LogP contribution is -2.00. The van der Waals surface area contributed by atoms with E-state index < -0.39 is 0 Å². The van der Waals surface area contributed by atoms with Crippen LogP contribution >= 0.6 is 0 Å². The molecule has 0 fully saturated rings. The van der Waals surface area contributed by atoms with Gasteiger partial charge in [0.2, 0.25) is 0 Å². The van der Waals surface area contributed by atoms with Crippen molar-refractivity contribution in [2.24, 2.45) is 0 Å². The average molecular weight is 170 g/mol. The summed E-state index contributed by atoms with van der Waals surface area (Å²) in [7, 11) is 0. The monoisotopic (exact) mass is 170 g/mol. The largest absolute Gasteiger partial charge is 0.463 e. The fourth-order valence-corrected chi connectivity index (χ4v) is 0.752. The van der Waals surface area contributed by atoms with E-state index in [9.17, 15) is 4.79 Å². The quantitative estimate of drug-likeness (QED) is 0.348. The van der Waals surface area contributed by atoms with E-state index in [1.807, 2.05) is 13.0 Å². The maximum atomic E-state index is 10.9. The van der Waals surface area contributed by atoms with E-state index in [0.717, 1.165) is 25.7 Å². The molecule has 0 amide bonds. The molecule has 0 spiro atoms. The zero-order valence-electron chi connectivity index (χ0n) is 8.01. The topological polar surface area (TPSA) is 26.3 Å². The molecular formula is C10H18O2. The number of esters is 1. The fraction of sp³-hybridized carbons (Fsp3) is 0.700. The van der Waals surface area contributed by atoms with Crippen molar-refractivity contribution in [3.8, 4) is 0 Å². The summed E-state index contributed by atoms with van der Waals surface area (Å²) in [6.45, 7) is 4.63. The molecule has 0 atom stereocenters. The number of hydrogen-bond donors (Lipinski definition) is 0. The van der Waals surface area contributed by atoms with Gasteiger partial charge in [-0.2, -0.15) is 0 Å². The third-order valence-electron chi connectivity index (χ3n) is 1.43. The van der Waals surface area contributed by atoms with Gasteiger partial charge in [-0.25, -0.2) is 4.79 Å². The van der Waals surface area contributed by atoms with Gasteiger partial charge in [0.25, 0.3) is 0 Å². The molecule has 0 aliphatic carbocycles. The minimum Gasteiger partial charge on any atom is -0.463 e. The Balaban J connectivity index is 3.34. The number of hydrogen-bond acceptors (Lipinski definition) is 2. The first-order valence-corrected chi connectivity index (χ1v) is 4.64. The van der Waals surface area contributed by atoms with E-state index in [1.54, 1.807) is 0 Å². The van der Waals surface area contributed by atoms with E-state index >= 15 is 0 Å². The summed E-state index contributed by atoms with van der Waals surface area (Å²) < 4.78 is 4.85. The van der Waals surface area contributed by atoms with Gasteiger partial charge in [-0.1, -0.05) is 32.8 Å². The van der Waals surface area contributed by atoms with Crippen molar-refractivity contribution in [3.63, 3.8) is 0 Å². The normalized spacial score (nSPS) is 10.5. The van der Waals surface area contributed by atoms with Crippen LogP contribution in [0.4, 0.5) is 0 Å². The van der Waals surface area contributed by atoms with E-state index in [1.165, 1.54) is 6.08 Å². The van der Waals surface area contributed by atoms with Crippen molar-refractivity contribution in [2.45, 2.75) is 39.5 Å². The van der Waals surface area contributed by atoms with Crippen molar-refractivity contribution < 1.29 is 9.53 Å². The van der Waals surface area contributed by atoms with Gasteiger partial charge in [-0.15, -0.1) is 0 Å². The van der Waals surface area contributed by atoms with Gasteiger partial charge in [0.15, 0.2) is 0 Å². The maximum absolute atomic E-state index is 10.9. The predicted molar refractivity (Wildman–Crippen MR) is 49.9 cm³/mol. The van der Waals surface area contributed by atoms with Crippen molar-refractivity contribution in [2.75, 3.05) is 6.61 Å². The summed E-state index contributed by atoms with van der Waals surface area (Å²) >= 11 is 0. The number of allylic oxidation sites excluding steroid dienone is 1.